The van der Waals surface area contributed by atoms with Gasteiger partial charge in [0, 0.05) is 6.07 Å². The lowest BCUT2D eigenvalue weighted by atomic mass is 10.2. The summed E-state index contributed by atoms with van der Waals surface area (Å²) in [4.78, 5) is 0.171. The van der Waals surface area contributed by atoms with E-state index in [1.165, 1.54) is 12.1 Å². The van der Waals surface area contributed by atoms with Crippen LogP contribution in [0.4, 0.5) is 5.69 Å². The maximum absolute atomic E-state index is 12.5. The Bertz CT molecular complexity index is 1070. The molecule has 0 fully saturated rings. The molecule has 0 aliphatic rings. The minimum Gasteiger partial charge on any atom is -0.487 e. The monoisotopic (exact) mass is 378 g/mol. The molecule has 0 aromatic heterocycles. The first-order valence-corrected chi connectivity index (χ1v) is 9.76. The first-order chi connectivity index (χ1) is 13.0. The van der Waals surface area contributed by atoms with E-state index in [1.54, 1.807) is 30.3 Å². The lowest BCUT2D eigenvalue weighted by Gasteiger charge is -2.12. The number of ether oxygens (including phenoxy) is 1. The van der Waals surface area contributed by atoms with Crippen molar-refractivity contribution in [1.29, 1.82) is 5.26 Å². The van der Waals surface area contributed by atoms with E-state index in [9.17, 15) is 13.7 Å². The lowest BCUT2D eigenvalue weighted by molar-refractivity contribution is 0.305. The molecule has 0 atom stereocenters. The molecule has 3 aromatic carbocycles. The number of anilines is 1. The minimum absolute atomic E-state index is 0.171. The second-order valence-corrected chi connectivity index (χ2v) is 7.70. The zero-order chi connectivity index (χ0) is 19.3. The average Bonchev–Trinajstić information content (AvgIpc) is 2.67. The van der Waals surface area contributed by atoms with E-state index in [0.29, 0.717) is 17.0 Å². The molecule has 6 heteroatoms. The highest BCUT2D eigenvalue weighted by Gasteiger charge is 2.15. The maximum Gasteiger partial charge on any atom is 0.261 e. The number of benzene rings is 3. The predicted octanol–water partition coefficient (Wildman–Crippen LogP) is 4.25. The Morgan fingerprint density at radius 2 is 1.70 bits per heavy atom. The summed E-state index contributed by atoms with van der Waals surface area (Å²) in [6.07, 6.45) is 0. The summed E-state index contributed by atoms with van der Waals surface area (Å²) in [5.74, 6) is 0.324. The summed E-state index contributed by atoms with van der Waals surface area (Å²) in [5.41, 5.74) is 2.60. The van der Waals surface area contributed by atoms with E-state index in [2.05, 4.69) is 10.8 Å². The fourth-order valence-electron chi connectivity index (χ4n) is 2.46. The molecule has 0 radical (unpaired) electrons. The molecule has 0 bridgehead atoms. The number of aryl methyl sites for hydroxylation is 1. The summed E-state index contributed by atoms with van der Waals surface area (Å²) in [5, 5.41) is 9.27. The van der Waals surface area contributed by atoms with E-state index in [4.69, 9.17) is 4.74 Å². The topological polar surface area (TPSA) is 79.2 Å². The number of rotatable bonds is 6. The Morgan fingerprint density at radius 1 is 1.00 bits per heavy atom. The van der Waals surface area contributed by atoms with E-state index in [-0.39, 0.29) is 11.5 Å². The van der Waals surface area contributed by atoms with Gasteiger partial charge in [-0.2, -0.15) is 5.26 Å². The van der Waals surface area contributed by atoms with Crippen LogP contribution in [0.25, 0.3) is 0 Å². The predicted molar refractivity (Wildman–Crippen MR) is 104 cm³/mol. The molecule has 27 heavy (non-hydrogen) atoms. The molecule has 0 aliphatic carbocycles. The van der Waals surface area contributed by atoms with E-state index < -0.39 is 10.0 Å². The van der Waals surface area contributed by atoms with Gasteiger partial charge in [-0.05, 0) is 36.8 Å². The van der Waals surface area contributed by atoms with Gasteiger partial charge in [-0.3, -0.25) is 4.72 Å². The first kappa shape index (κ1) is 18.5. The van der Waals surface area contributed by atoms with Crippen molar-refractivity contribution in [2.75, 3.05) is 4.72 Å². The SMILES string of the molecule is Cc1ccc(S(=O)(=O)Nc2ccc(C#N)c(OCc3ccccc3)c2)cc1. The Kier molecular flexibility index (Phi) is 5.43. The Balaban J connectivity index is 1.82. The third kappa shape index (κ3) is 4.66. The van der Waals surface area contributed by atoms with Crippen LogP contribution in [0.1, 0.15) is 16.7 Å². The van der Waals surface area contributed by atoms with Gasteiger partial charge in [0.1, 0.15) is 18.4 Å². The van der Waals surface area contributed by atoms with Gasteiger partial charge in [0.2, 0.25) is 0 Å². The smallest absolute Gasteiger partial charge is 0.261 e. The van der Waals surface area contributed by atoms with Gasteiger partial charge in [-0.15, -0.1) is 0 Å². The van der Waals surface area contributed by atoms with Crippen molar-refractivity contribution in [2.45, 2.75) is 18.4 Å². The maximum atomic E-state index is 12.5. The molecule has 136 valence electrons. The summed E-state index contributed by atoms with van der Waals surface area (Å²) in [6, 6.07) is 22.8. The summed E-state index contributed by atoms with van der Waals surface area (Å²) < 4.78 is 33.3. The van der Waals surface area contributed by atoms with Crippen LogP contribution in [0.15, 0.2) is 77.7 Å². The standard InChI is InChI=1S/C21H18N2O3S/c1-16-7-11-20(12-8-16)27(24,25)23-19-10-9-18(14-22)21(13-19)26-15-17-5-3-2-4-6-17/h2-13,23H,15H2,1H3. The van der Waals surface area contributed by atoms with Crippen molar-refractivity contribution in [3.05, 3.63) is 89.5 Å². The lowest BCUT2D eigenvalue weighted by Crippen LogP contribution is -2.13. The molecule has 1 N–H and O–H groups in total. The Morgan fingerprint density at radius 3 is 2.37 bits per heavy atom. The third-order valence-electron chi connectivity index (χ3n) is 3.92. The van der Waals surface area contributed by atoms with Crippen LogP contribution in [0, 0.1) is 18.3 Å². The molecule has 3 rings (SSSR count). The number of nitrogens with one attached hydrogen (secondary N) is 1. The van der Waals surface area contributed by atoms with Crippen LogP contribution in [0.5, 0.6) is 5.75 Å². The quantitative estimate of drug-likeness (QED) is 0.695. The highest BCUT2D eigenvalue weighted by molar-refractivity contribution is 7.92. The molecule has 0 saturated carbocycles. The molecule has 0 saturated heterocycles. The zero-order valence-corrected chi connectivity index (χ0v) is 15.5. The van der Waals surface area contributed by atoms with Crippen LogP contribution >= 0.6 is 0 Å². The summed E-state index contributed by atoms with van der Waals surface area (Å²) >= 11 is 0. The van der Waals surface area contributed by atoms with Crippen LogP contribution in [0.2, 0.25) is 0 Å². The minimum atomic E-state index is -3.72. The van der Waals surface area contributed by atoms with E-state index in [1.807, 2.05) is 37.3 Å². The molecule has 3 aromatic rings. The Hall–Kier alpha value is -3.30. The van der Waals surface area contributed by atoms with E-state index >= 15 is 0 Å². The molecular formula is C21H18N2O3S. The van der Waals surface area contributed by atoms with Crippen molar-refractivity contribution in [2.24, 2.45) is 0 Å². The van der Waals surface area contributed by atoms with Gasteiger partial charge >= 0.3 is 0 Å². The summed E-state index contributed by atoms with van der Waals surface area (Å²) in [6.45, 7) is 2.17. The number of hydrogen-bond acceptors (Lipinski definition) is 4. The first-order valence-electron chi connectivity index (χ1n) is 8.28. The van der Waals surface area contributed by atoms with Crippen LogP contribution in [0.3, 0.4) is 0 Å². The van der Waals surface area contributed by atoms with Crippen molar-refractivity contribution >= 4 is 15.7 Å². The van der Waals surface area contributed by atoms with Gasteiger partial charge < -0.3 is 4.74 Å². The van der Waals surface area contributed by atoms with Gasteiger partial charge in [-0.25, -0.2) is 8.42 Å². The fraction of sp³-hybridized carbons (Fsp3) is 0.0952. The third-order valence-corrected chi connectivity index (χ3v) is 5.32. The van der Waals surface area contributed by atoms with Gasteiger partial charge in [0.05, 0.1) is 16.1 Å². The zero-order valence-electron chi connectivity index (χ0n) is 14.7. The van der Waals surface area contributed by atoms with Gasteiger partial charge in [0.15, 0.2) is 0 Å². The Labute approximate surface area is 158 Å². The molecule has 0 aliphatic heterocycles. The fourth-order valence-corrected chi connectivity index (χ4v) is 3.51. The van der Waals surface area contributed by atoms with Crippen LogP contribution < -0.4 is 9.46 Å². The van der Waals surface area contributed by atoms with Crippen LogP contribution in [-0.4, -0.2) is 8.42 Å². The highest BCUT2D eigenvalue weighted by atomic mass is 32.2. The van der Waals surface area contributed by atoms with Gasteiger partial charge in [0.25, 0.3) is 10.0 Å². The van der Waals surface area contributed by atoms with Crippen molar-refractivity contribution < 1.29 is 13.2 Å². The largest absolute Gasteiger partial charge is 0.487 e. The van der Waals surface area contributed by atoms with E-state index in [0.717, 1.165) is 11.1 Å². The molecular weight excluding hydrogens is 360 g/mol. The summed E-state index contributed by atoms with van der Waals surface area (Å²) in [7, 11) is -3.72. The highest BCUT2D eigenvalue weighted by Crippen LogP contribution is 2.26. The van der Waals surface area contributed by atoms with Crippen molar-refractivity contribution in [1.82, 2.24) is 0 Å². The second kappa shape index (κ2) is 7.94. The number of hydrogen-bond donors (Lipinski definition) is 1. The number of sulfonamides is 1. The molecule has 5 nitrogen and oxygen atoms in total. The number of nitrogens with zero attached hydrogens (tertiary/aromatic N) is 1. The normalized spacial score (nSPS) is 10.8. The van der Waals surface area contributed by atoms with Crippen molar-refractivity contribution in [3.63, 3.8) is 0 Å². The second-order valence-electron chi connectivity index (χ2n) is 6.02. The molecule has 0 spiro atoms. The molecule has 0 unspecified atom stereocenters. The molecule has 0 amide bonds. The van der Waals surface area contributed by atoms with Crippen LogP contribution in [-0.2, 0) is 16.6 Å². The van der Waals surface area contributed by atoms with Gasteiger partial charge in [-0.1, -0.05) is 48.0 Å². The number of nitriles is 1. The average molecular weight is 378 g/mol. The van der Waals surface area contributed by atoms with Crippen molar-refractivity contribution in [3.8, 4) is 11.8 Å². The molecule has 0 heterocycles.